The van der Waals surface area contributed by atoms with Crippen LogP contribution in [0.2, 0.25) is 4.34 Å². The van der Waals surface area contributed by atoms with Gasteiger partial charge in [-0.25, -0.2) is 4.90 Å². The molecule has 1 aromatic rings. The molecule has 0 N–H and O–H groups in total. The zero-order valence-corrected chi connectivity index (χ0v) is 25.4. The lowest BCUT2D eigenvalue weighted by Gasteiger charge is -2.38. The number of allylic oxidation sites excluding steroid dienone is 1. The summed E-state index contributed by atoms with van der Waals surface area (Å²) in [6, 6.07) is 0. The van der Waals surface area contributed by atoms with Crippen molar-refractivity contribution < 1.29 is 9.53 Å². The van der Waals surface area contributed by atoms with E-state index in [1.54, 1.807) is 0 Å². The highest BCUT2D eigenvalue weighted by Gasteiger charge is 2.45. The lowest BCUT2D eigenvalue weighted by molar-refractivity contribution is -0.153. The molecular weight excluding hydrogens is 518 g/mol. The zero-order chi connectivity index (χ0) is 27.5. The molecule has 0 aliphatic carbocycles. The number of thiazole rings is 1. The molecule has 38 heavy (non-hydrogen) atoms. The van der Waals surface area contributed by atoms with E-state index in [2.05, 4.69) is 23.4 Å². The van der Waals surface area contributed by atoms with Crippen LogP contribution in [-0.4, -0.2) is 41.8 Å². The minimum absolute atomic E-state index is 0.231. The predicted octanol–water partition coefficient (Wildman–Crippen LogP) is 9.36. The summed E-state index contributed by atoms with van der Waals surface area (Å²) in [5, 5.41) is 14.1. The number of halogens is 1. The molecule has 2 atom stereocenters. The maximum absolute atomic E-state index is 13.8. The first kappa shape index (κ1) is 33.2. The number of hydroxylamine groups is 2. The Morgan fingerprint density at radius 1 is 1.05 bits per heavy atom. The smallest absolute Gasteiger partial charge is 0.310 e. The van der Waals surface area contributed by atoms with Crippen molar-refractivity contribution in [1.29, 1.82) is 0 Å². The number of hydrogen-bond acceptors (Lipinski definition) is 6. The molecule has 6 nitrogen and oxygen atoms in total. The molecule has 0 saturated carbocycles. The second-order valence-electron chi connectivity index (χ2n) is 10.9. The Morgan fingerprint density at radius 3 is 2.16 bits per heavy atom. The molecule has 1 aromatic heterocycles. The van der Waals surface area contributed by atoms with Crippen molar-refractivity contribution in [2.24, 2.45) is 0 Å². The Kier molecular flexibility index (Phi) is 17.5. The van der Waals surface area contributed by atoms with E-state index in [0.29, 0.717) is 22.4 Å². The summed E-state index contributed by atoms with van der Waals surface area (Å²) in [5.41, 5.74) is 0. The van der Waals surface area contributed by atoms with Crippen LogP contribution in [0.25, 0.3) is 0 Å². The van der Waals surface area contributed by atoms with Crippen molar-refractivity contribution >= 4 is 34.0 Å². The molecule has 218 valence electrons. The van der Waals surface area contributed by atoms with Gasteiger partial charge in [-0.3, -0.25) is 9.44 Å². The Balaban J connectivity index is 1.58. The third-order valence-corrected chi connectivity index (χ3v) is 8.69. The number of aromatic nitrogens is 1. The highest BCUT2D eigenvalue weighted by atomic mass is 35.5. The molecule has 1 aliphatic heterocycles. The number of carbonyl (C=O) groups is 1. The van der Waals surface area contributed by atoms with Crippen LogP contribution >= 0.6 is 22.9 Å². The van der Waals surface area contributed by atoms with Gasteiger partial charge in [-0.1, -0.05) is 114 Å². The Hall–Kier alpha value is -0.990. The third kappa shape index (κ3) is 12.9. The van der Waals surface area contributed by atoms with E-state index in [4.69, 9.17) is 16.3 Å². The highest BCUT2D eigenvalue weighted by molar-refractivity contribution is 7.19. The standard InChI is InChI=1S/C30H52ClN3O3S/c1-3-5-7-9-10-11-12-13-14-15-16-17-18-19-20-22-29(35)37-28-25-33(23-21-8-6-4-2)26-34(28,36)30-32-24-27(31)38-30/h4,24,28H,2-3,5-23,25-26H2,1H3. The molecule has 0 radical (unpaired) electrons. The van der Waals surface area contributed by atoms with E-state index >= 15 is 0 Å². The molecule has 2 unspecified atom stereocenters. The highest BCUT2D eigenvalue weighted by Crippen LogP contribution is 2.37. The molecule has 0 aromatic carbocycles. The van der Waals surface area contributed by atoms with Gasteiger partial charge in [-0.05, 0) is 37.0 Å². The van der Waals surface area contributed by atoms with Crippen molar-refractivity contribution in [3.8, 4) is 0 Å². The third-order valence-electron chi connectivity index (χ3n) is 7.46. The van der Waals surface area contributed by atoms with Crippen molar-refractivity contribution in [3.05, 3.63) is 28.4 Å². The molecule has 0 spiro atoms. The Labute approximate surface area is 241 Å². The first-order valence-electron chi connectivity index (χ1n) is 15.2. The largest absolute Gasteiger partial charge is 0.622 e. The van der Waals surface area contributed by atoms with Crippen molar-refractivity contribution in [1.82, 2.24) is 14.5 Å². The van der Waals surface area contributed by atoms with Crippen LogP contribution in [0.3, 0.4) is 0 Å². The summed E-state index contributed by atoms with van der Waals surface area (Å²) in [4.78, 5) is 18.9. The van der Waals surface area contributed by atoms with Crippen LogP contribution in [0.1, 0.15) is 129 Å². The van der Waals surface area contributed by atoms with Crippen molar-refractivity contribution in [2.75, 3.05) is 19.8 Å². The van der Waals surface area contributed by atoms with Crippen LogP contribution < -0.4 is 4.65 Å². The number of quaternary nitrogens is 1. The minimum Gasteiger partial charge on any atom is -0.622 e. The van der Waals surface area contributed by atoms with Gasteiger partial charge in [0.1, 0.15) is 11.0 Å². The van der Waals surface area contributed by atoms with E-state index < -0.39 is 10.9 Å². The number of rotatable bonds is 23. The molecule has 0 amide bonds. The van der Waals surface area contributed by atoms with Gasteiger partial charge < -0.3 is 9.94 Å². The van der Waals surface area contributed by atoms with Crippen LogP contribution in [-0.2, 0) is 9.53 Å². The van der Waals surface area contributed by atoms with Gasteiger partial charge in [-0.2, -0.15) is 4.98 Å². The Morgan fingerprint density at radius 2 is 1.63 bits per heavy atom. The summed E-state index contributed by atoms with van der Waals surface area (Å²) >= 11 is 7.23. The lowest BCUT2D eigenvalue weighted by atomic mass is 10.0. The second kappa shape index (κ2) is 20.0. The number of carbonyl (C=O) groups excluding carboxylic acids is 1. The van der Waals surface area contributed by atoms with E-state index in [-0.39, 0.29) is 12.6 Å². The fourth-order valence-electron chi connectivity index (χ4n) is 5.16. The van der Waals surface area contributed by atoms with Gasteiger partial charge in [0.05, 0.1) is 12.7 Å². The first-order valence-corrected chi connectivity index (χ1v) is 16.4. The van der Waals surface area contributed by atoms with E-state index in [9.17, 15) is 10.0 Å². The number of ether oxygens (including phenoxy) is 1. The van der Waals surface area contributed by atoms with Gasteiger partial charge in [0.25, 0.3) is 11.4 Å². The van der Waals surface area contributed by atoms with Crippen LogP contribution in [0.4, 0.5) is 5.13 Å². The number of esters is 1. The van der Waals surface area contributed by atoms with Gasteiger partial charge >= 0.3 is 5.97 Å². The number of unbranched alkanes of at least 4 members (excludes halogenated alkanes) is 16. The molecule has 1 saturated heterocycles. The molecular formula is C30H52ClN3O3S. The fourth-order valence-corrected chi connectivity index (χ4v) is 6.13. The molecule has 2 rings (SSSR count). The summed E-state index contributed by atoms with van der Waals surface area (Å²) in [7, 11) is 0. The first-order chi connectivity index (χ1) is 18.5. The SMILES string of the molecule is C=CCCCCN1CC(OC(=O)CCCCCCCCCCCCCCCCC)[N+]([O-])(c2ncc(Cl)s2)C1. The summed E-state index contributed by atoms with van der Waals surface area (Å²) in [6.07, 6.45) is 25.3. The minimum atomic E-state index is -0.791. The molecule has 1 aliphatic rings. The van der Waals surface area contributed by atoms with Crippen LogP contribution in [0.15, 0.2) is 18.9 Å². The monoisotopic (exact) mass is 569 g/mol. The number of hydrogen-bond donors (Lipinski definition) is 0. The molecule has 8 heteroatoms. The van der Waals surface area contributed by atoms with E-state index in [1.165, 1.54) is 94.6 Å². The average Bonchev–Trinajstić information content (AvgIpc) is 3.48. The van der Waals surface area contributed by atoms with E-state index in [0.717, 1.165) is 45.1 Å². The average molecular weight is 570 g/mol. The van der Waals surface area contributed by atoms with Crippen LogP contribution in [0, 0.1) is 5.21 Å². The van der Waals surface area contributed by atoms with Gasteiger partial charge in [-0.15, -0.1) is 6.58 Å². The molecule has 2 heterocycles. The Bertz CT molecular complexity index is 778. The van der Waals surface area contributed by atoms with E-state index in [1.807, 2.05) is 6.08 Å². The maximum Gasteiger partial charge on any atom is 0.310 e. The predicted molar refractivity (Wildman–Crippen MR) is 162 cm³/mol. The maximum atomic E-state index is 13.8. The number of nitrogens with zero attached hydrogens (tertiary/aromatic N) is 3. The lowest BCUT2D eigenvalue weighted by Crippen LogP contribution is -2.50. The van der Waals surface area contributed by atoms with Gasteiger partial charge in [0, 0.05) is 13.0 Å². The van der Waals surface area contributed by atoms with Gasteiger partial charge in [0.15, 0.2) is 0 Å². The van der Waals surface area contributed by atoms with Gasteiger partial charge in [0.2, 0.25) is 0 Å². The second-order valence-corrected chi connectivity index (χ2v) is 12.5. The summed E-state index contributed by atoms with van der Waals surface area (Å²) in [5.74, 6) is -0.279. The van der Waals surface area contributed by atoms with Crippen molar-refractivity contribution in [3.63, 3.8) is 0 Å². The fraction of sp³-hybridized carbons (Fsp3) is 0.800. The quantitative estimate of drug-likeness (QED) is 0.0431. The van der Waals surface area contributed by atoms with Crippen molar-refractivity contribution in [2.45, 2.75) is 135 Å². The zero-order valence-electron chi connectivity index (χ0n) is 23.8. The molecule has 1 fully saturated rings. The summed E-state index contributed by atoms with van der Waals surface area (Å²) in [6.45, 7) is 7.49. The van der Waals surface area contributed by atoms with Crippen LogP contribution in [0.5, 0.6) is 0 Å². The topological polar surface area (TPSA) is 65.5 Å². The summed E-state index contributed by atoms with van der Waals surface area (Å²) < 4.78 is 5.47. The molecule has 0 bridgehead atoms. The normalized spacial score (nSPS) is 19.7.